The van der Waals surface area contributed by atoms with Gasteiger partial charge in [-0.05, 0) is 26.3 Å². The molecule has 0 saturated heterocycles. The molecule has 0 aliphatic heterocycles. The lowest BCUT2D eigenvalue weighted by atomic mass is 9.89. The normalized spacial score (nSPS) is 17.9. The molecule has 0 fully saturated rings. The summed E-state index contributed by atoms with van der Waals surface area (Å²) < 4.78 is 0. The van der Waals surface area contributed by atoms with Crippen molar-refractivity contribution in [1.82, 2.24) is 0 Å². The van der Waals surface area contributed by atoms with Crippen molar-refractivity contribution in [2.45, 2.75) is 32.4 Å². The summed E-state index contributed by atoms with van der Waals surface area (Å²) in [6, 6.07) is 7.52. The quantitative estimate of drug-likeness (QED) is 0.723. The molecule has 0 saturated carbocycles. The molecule has 1 aromatic carbocycles. The van der Waals surface area contributed by atoms with Gasteiger partial charge in [0, 0.05) is 6.04 Å². The van der Waals surface area contributed by atoms with Crippen LogP contribution in [0.4, 0.5) is 0 Å². The molecule has 0 bridgehead atoms. The van der Waals surface area contributed by atoms with Crippen molar-refractivity contribution < 1.29 is 5.11 Å². The van der Waals surface area contributed by atoms with E-state index in [4.69, 9.17) is 5.73 Å². The average Bonchev–Trinajstić information content (AvgIpc) is 2.04. The summed E-state index contributed by atoms with van der Waals surface area (Å²) in [5.41, 5.74) is 6.78. The topological polar surface area (TPSA) is 46.2 Å². The van der Waals surface area contributed by atoms with Gasteiger partial charge in [0.15, 0.2) is 0 Å². The Balaban J connectivity index is 3.07. The number of aliphatic hydroxyl groups is 1. The van der Waals surface area contributed by atoms with E-state index in [0.717, 1.165) is 11.1 Å². The maximum absolute atomic E-state index is 10.1. The first-order valence-electron chi connectivity index (χ1n) is 4.49. The van der Waals surface area contributed by atoms with E-state index in [1.165, 1.54) is 0 Å². The number of hydrogen-bond acceptors (Lipinski definition) is 2. The van der Waals surface area contributed by atoms with E-state index < -0.39 is 5.60 Å². The fourth-order valence-electron chi connectivity index (χ4n) is 1.22. The molecule has 2 nitrogen and oxygen atoms in total. The van der Waals surface area contributed by atoms with E-state index in [1.54, 1.807) is 6.92 Å². The lowest BCUT2D eigenvalue weighted by Gasteiger charge is -2.28. The third-order valence-corrected chi connectivity index (χ3v) is 2.49. The summed E-state index contributed by atoms with van der Waals surface area (Å²) in [5, 5.41) is 10.1. The van der Waals surface area contributed by atoms with Gasteiger partial charge >= 0.3 is 0 Å². The lowest BCUT2D eigenvalue weighted by Crippen LogP contribution is -2.40. The summed E-state index contributed by atoms with van der Waals surface area (Å²) in [7, 11) is 0. The Bertz CT molecular complexity index is 292. The van der Waals surface area contributed by atoms with E-state index in [2.05, 4.69) is 0 Å². The molecule has 0 aromatic heterocycles. The SMILES string of the molecule is Cc1cccc(C(C)(O)C(C)N)c1. The van der Waals surface area contributed by atoms with E-state index in [1.807, 2.05) is 38.1 Å². The molecule has 1 aromatic rings. The standard InChI is InChI=1S/C11H17NO/c1-8-5-4-6-10(7-8)11(3,13)9(2)12/h4-7,9,13H,12H2,1-3H3. The zero-order valence-corrected chi connectivity index (χ0v) is 8.41. The number of aryl methyl sites for hydroxylation is 1. The Morgan fingerprint density at radius 2 is 2.08 bits per heavy atom. The van der Waals surface area contributed by atoms with Crippen LogP contribution in [-0.2, 0) is 5.60 Å². The molecule has 0 amide bonds. The van der Waals surface area contributed by atoms with Crippen LogP contribution < -0.4 is 5.73 Å². The molecule has 0 radical (unpaired) electrons. The van der Waals surface area contributed by atoms with Crippen molar-refractivity contribution in [3.63, 3.8) is 0 Å². The summed E-state index contributed by atoms with van der Waals surface area (Å²) in [6.45, 7) is 5.55. The van der Waals surface area contributed by atoms with Gasteiger partial charge < -0.3 is 10.8 Å². The van der Waals surface area contributed by atoms with Gasteiger partial charge in [-0.2, -0.15) is 0 Å². The fraction of sp³-hybridized carbons (Fsp3) is 0.455. The van der Waals surface area contributed by atoms with Crippen LogP contribution >= 0.6 is 0 Å². The third-order valence-electron chi connectivity index (χ3n) is 2.49. The highest BCUT2D eigenvalue weighted by atomic mass is 16.3. The van der Waals surface area contributed by atoms with Crippen molar-refractivity contribution in [3.05, 3.63) is 35.4 Å². The highest BCUT2D eigenvalue weighted by Crippen LogP contribution is 2.23. The van der Waals surface area contributed by atoms with E-state index >= 15 is 0 Å². The van der Waals surface area contributed by atoms with E-state index in [-0.39, 0.29) is 6.04 Å². The highest BCUT2D eigenvalue weighted by Gasteiger charge is 2.27. The molecular formula is C11H17NO. The third kappa shape index (κ3) is 2.08. The van der Waals surface area contributed by atoms with Gasteiger partial charge in [0.25, 0.3) is 0 Å². The van der Waals surface area contributed by atoms with Crippen LogP contribution in [0.1, 0.15) is 25.0 Å². The largest absolute Gasteiger partial charge is 0.384 e. The highest BCUT2D eigenvalue weighted by molar-refractivity contribution is 5.28. The molecule has 2 atom stereocenters. The molecule has 3 N–H and O–H groups in total. The average molecular weight is 179 g/mol. The first kappa shape index (κ1) is 10.2. The van der Waals surface area contributed by atoms with Gasteiger partial charge in [-0.25, -0.2) is 0 Å². The zero-order chi connectivity index (χ0) is 10.1. The summed E-state index contributed by atoms with van der Waals surface area (Å²) in [4.78, 5) is 0. The summed E-state index contributed by atoms with van der Waals surface area (Å²) in [5.74, 6) is 0. The molecule has 0 heterocycles. The Morgan fingerprint density at radius 1 is 1.46 bits per heavy atom. The minimum absolute atomic E-state index is 0.269. The zero-order valence-electron chi connectivity index (χ0n) is 8.41. The van der Waals surface area contributed by atoms with Crippen LogP contribution in [0.3, 0.4) is 0 Å². The van der Waals surface area contributed by atoms with Crippen molar-refractivity contribution in [2.24, 2.45) is 5.73 Å². The van der Waals surface area contributed by atoms with Crippen LogP contribution in [0, 0.1) is 6.92 Å². The maximum atomic E-state index is 10.1. The smallest absolute Gasteiger partial charge is 0.102 e. The Hall–Kier alpha value is -0.860. The van der Waals surface area contributed by atoms with Crippen molar-refractivity contribution in [1.29, 1.82) is 0 Å². The number of nitrogens with two attached hydrogens (primary N) is 1. The minimum Gasteiger partial charge on any atom is -0.384 e. The second-order valence-electron chi connectivity index (χ2n) is 3.81. The van der Waals surface area contributed by atoms with Crippen LogP contribution in [0.25, 0.3) is 0 Å². The van der Waals surface area contributed by atoms with Crippen molar-refractivity contribution in [3.8, 4) is 0 Å². The maximum Gasteiger partial charge on any atom is 0.102 e. The van der Waals surface area contributed by atoms with Gasteiger partial charge in [-0.1, -0.05) is 29.8 Å². The van der Waals surface area contributed by atoms with E-state index in [0.29, 0.717) is 0 Å². The number of benzene rings is 1. The Labute approximate surface area is 79.4 Å². The predicted molar refractivity (Wildman–Crippen MR) is 54.4 cm³/mol. The fourth-order valence-corrected chi connectivity index (χ4v) is 1.22. The van der Waals surface area contributed by atoms with Gasteiger partial charge in [0.05, 0.1) is 0 Å². The minimum atomic E-state index is -0.938. The molecule has 0 aliphatic carbocycles. The van der Waals surface area contributed by atoms with Crippen LogP contribution in [-0.4, -0.2) is 11.1 Å². The first-order chi connectivity index (χ1) is 5.94. The van der Waals surface area contributed by atoms with Crippen molar-refractivity contribution >= 4 is 0 Å². The van der Waals surface area contributed by atoms with Gasteiger partial charge in [0.1, 0.15) is 5.60 Å². The lowest BCUT2D eigenvalue weighted by molar-refractivity contribution is 0.0348. The summed E-state index contributed by atoms with van der Waals surface area (Å²) in [6.07, 6.45) is 0. The van der Waals surface area contributed by atoms with Gasteiger partial charge in [0.2, 0.25) is 0 Å². The Kier molecular flexibility index (Phi) is 2.74. The molecule has 13 heavy (non-hydrogen) atoms. The molecular weight excluding hydrogens is 162 g/mol. The molecule has 0 aliphatic rings. The van der Waals surface area contributed by atoms with Crippen LogP contribution in [0.2, 0.25) is 0 Å². The Morgan fingerprint density at radius 3 is 2.54 bits per heavy atom. The van der Waals surface area contributed by atoms with Crippen molar-refractivity contribution in [2.75, 3.05) is 0 Å². The molecule has 72 valence electrons. The first-order valence-corrected chi connectivity index (χ1v) is 4.49. The van der Waals surface area contributed by atoms with E-state index in [9.17, 15) is 5.11 Å². The molecule has 2 unspecified atom stereocenters. The summed E-state index contributed by atoms with van der Waals surface area (Å²) >= 11 is 0. The number of hydrogen-bond donors (Lipinski definition) is 2. The molecule has 2 heteroatoms. The monoisotopic (exact) mass is 179 g/mol. The van der Waals surface area contributed by atoms with Crippen LogP contribution in [0.15, 0.2) is 24.3 Å². The molecule has 1 rings (SSSR count). The predicted octanol–water partition coefficient (Wildman–Crippen LogP) is 1.55. The number of rotatable bonds is 2. The van der Waals surface area contributed by atoms with Crippen LogP contribution in [0.5, 0.6) is 0 Å². The second kappa shape index (κ2) is 3.48. The second-order valence-corrected chi connectivity index (χ2v) is 3.81. The van der Waals surface area contributed by atoms with Gasteiger partial charge in [-0.3, -0.25) is 0 Å². The molecule has 0 spiro atoms. The van der Waals surface area contributed by atoms with Gasteiger partial charge in [-0.15, -0.1) is 0 Å².